The largest absolute Gasteiger partial charge is 1.00 e. The van der Waals surface area contributed by atoms with Gasteiger partial charge in [0.15, 0.2) is 0 Å². The van der Waals surface area contributed by atoms with Gasteiger partial charge in [-0.25, -0.2) is 0 Å². The maximum absolute atomic E-state index is 10.8. The molecule has 8 nitrogen and oxygen atoms in total. The van der Waals surface area contributed by atoms with Crippen molar-refractivity contribution in [1.82, 2.24) is 15.1 Å². The van der Waals surface area contributed by atoms with Crippen LogP contribution in [0.25, 0.3) is 5.32 Å². The number of allylic oxidation sites excluding steroid dienone is 1. The summed E-state index contributed by atoms with van der Waals surface area (Å²) < 4.78 is 0. The van der Waals surface area contributed by atoms with Crippen LogP contribution in [0.5, 0.6) is 0 Å². The number of hydrogen-bond acceptors (Lipinski definition) is 4. The Kier molecular flexibility index (Phi) is 34.5. The van der Waals surface area contributed by atoms with Crippen molar-refractivity contribution in [3.8, 4) is 24.7 Å². The number of nitrogens with zero attached hydrogens (tertiary/aromatic N) is 3. The number of alkyl halides is 2. The second-order valence-corrected chi connectivity index (χ2v) is 9.18. The van der Waals surface area contributed by atoms with E-state index in [4.69, 9.17) is 12.8 Å². The van der Waals surface area contributed by atoms with Gasteiger partial charge in [-0.2, -0.15) is 0 Å². The summed E-state index contributed by atoms with van der Waals surface area (Å²) in [6.07, 6.45) is 20.1. The molecule has 0 aromatic heterocycles. The topological polar surface area (TPSA) is 101 Å². The van der Waals surface area contributed by atoms with Crippen molar-refractivity contribution in [2.45, 2.75) is 51.4 Å². The summed E-state index contributed by atoms with van der Waals surface area (Å²) in [5.74, 6) is 5.55. The molecule has 4 rings (SSSR count). The Morgan fingerprint density at radius 3 is 1.67 bits per heavy atom. The molecular formula is C28H41Br2KN4O4. The van der Waals surface area contributed by atoms with Crippen LogP contribution in [-0.4, -0.2) is 83.4 Å². The van der Waals surface area contributed by atoms with E-state index in [1.54, 1.807) is 17.1 Å². The molecule has 0 spiro atoms. The fourth-order valence-corrected chi connectivity index (χ4v) is 3.11. The van der Waals surface area contributed by atoms with E-state index in [0.29, 0.717) is 24.7 Å². The van der Waals surface area contributed by atoms with Crippen LogP contribution in [0, 0.1) is 24.7 Å². The van der Waals surface area contributed by atoms with Gasteiger partial charge in [0.05, 0.1) is 17.8 Å². The van der Waals surface area contributed by atoms with E-state index >= 15 is 0 Å². The van der Waals surface area contributed by atoms with Crippen LogP contribution in [0.1, 0.15) is 51.4 Å². The molecule has 4 aliphatic rings. The van der Waals surface area contributed by atoms with Crippen LogP contribution in [0.3, 0.4) is 0 Å². The van der Waals surface area contributed by atoms with Crippen LogP contribution >= 0.6 is 31.9 Å². The van der Waals surface area contributed by atoms with Crippen LogP contribution in [0.4, 0.5) is 0 Å². The number of terminal acetylenes is 2. The zero-order valence-electron chi connectivity index (χ0n) is 23.3. The minimum absolute atomic E-state index is 0. The van der Waals surface area contributed by atoms with E-state index in [0.717, 1.165) is 76.6 Å². The molecule has 0 aromatic rings. The van der Waals surface area contributed by atoms with Crippen LogP contribution < -0.4 is 56.7 Å². The quantitative estimate of drug-likeness (QED) is 0.207. The van der Waals surface area contributed by atoms with Crippen LogP contribution in [0.2, 0.25) is 0 Å². The van der Waals surface area contributed by atoms with Gasteiger partial charge in [0, 0.05) is 50.8 Å². The minimum Gasteiger partial charge on any atom is -0.653 e. The van der Waals surface area contributed by atoms with Crippen molar-refractivity contribution in [1.29, 1.82) is 0 Å². The second kappa shape index (κ2) is 31.6. The summed E-state index contributed by atoms with van der Waals surface area (Å²) in [6.45, 7) is 11.6. The Labute approximate surface area is 294 Å². The van der Waals surface area contributed by atoms with E-state index in [2.05, 4.69) is 67.5 Å². The molecule has 0 aliphatic carbocycles. The smallest absolute Gasteiger partial charge is 0.653 e. The molecule has 1 N–H and O–H groups in total. The summed E-state index contributed by atoms with van der Waals surface area (Å²) in [5, 5.41) is 7.83. The standard InChI is InChI=1S/C7H11NO.C7H9NO.2C4H7NO.C3H5Br.C3H3Br.K/c2*1-2-5-8-6-3-4-7(8)9;2*6-4-2-1-3-5-4;2*1-2-3-4;/h2H,1,3-6H2;1H,3-6H2;2*1-3H2,(H,5,6);2H,1,3H2;1H,3H2;/q;;;;;;+1/p-1. The SMILES string of the molecule is C#CCBr.C#CCN1CCCC1=O.C=CCBr.C=CCN1CCCC1=O.O=C1CCCN1.O=C1CCC[N-]1.[K+]. The zero-order valence-corrected chi connectivity index (χ0v) is 29.6. The number of hydrogen-bond donors (Lipinski definition) is 1. The number of nitrogens with one attached hydrogen (secondary N) is 1. The molecule has 0 bridgehead atoms. The Balaban J connectivity index is -0.000000409. The van der Waals surface area contributed by atoms with Crippen LogP contribution in [0.15, 0.2) is 25.3 Å². The summed E-state index contributed by atoms with van der Waals surface area (Å²) in [4.78, 5) is 45.4. The number of carbonyl (C=O) groups excluding carboxylic acids is 4. The predicted molar refractivity (Wildman–Crippen MR) is 162 cm³/mol. The third-order valence-corrected chi connectivity index (χ3v) is 5.68. The van der Waals surface area contributed by atoms with Crippen molar-refractivity contribution in [2.75, 3.05) is 49.9 Å². The molecule has 0 saturated carbocycles. The normalized spacial score (nSPS) is 16.1. The van der Waals surface area contributed by atoms with E-state index in [1.165, 1.54) is 0 Å². The molecule has 4 fully saturated rings. The van der Waals surface area contributed by atoms with E-state index in [9.17, 15) is 19.2 Å². The summed E-state index contributed by atoms with van der Waals surface area (Å²) in [6, 6.07) is 0. The van der Waals surface area contributed by atoms with Gasteiger partial charge in [0.25, 0.3) is 0 Å². The van der Waals surface area contributed by atoms with Crippen molar-refractivity contribution >= 4 is 55.5 Å². The number of likely N-dealkylation sites (tertiary alicyclic amines) is 2. The summed E-state index contributed by atoms with van der Waals surface area (Å²) >= 11 is 6.14. The number of amides is 4. The maximum atomic E-state index is 10.8. The first-order valence-electron chi connectivity index (χ1n) is 12.5. The summed E-state index contributed by atoms with van der Waals surface area (Å²) in [5.41, 5.74) is 0. The Morgan fingerprint density at radius 2 is 1.44 bits per heavy atom. The molecule has 0 aromatic carbocycles. The maximum Gasteiger partial charge on any atom is 1.00 e. The number of rotatable bonds is 4. The molecule has 0 atom stereocenters. The molecule has 0 radical (unpaired) electrons. The Hall–Kier alpha value is -0.924. The van der Waals surface area contributed by atoms with E-state index in [-0.39, 0.29) is 75.0 Å². The van der Waals surface area contributed by atoms with Gasteiger partial charge in [-0.15, -0.1) is 32.5 Å². The second-order valence-electron chi connectivity index (χ2n) is 7.97. The van der Waals surface area contributed by atoms with Gasteiger partial charge in [0.2, 0.25) is 17.7 Å². The monoisotopic (exact) mass is 694 g/mol. The first-order chi connectivity index (χ1) is 18.3. The third-order valence-electron chi connectivity index (χ3n) is 4.90. The molecule has 0 unspecified atom stereocenters. The van der Waals surface area contributed by atoms with Crippen molar-refractivity contribution in [3.63, 3.8) is 0 Å². The fourth-order valence-electron chi connectivity index (χ4n) is 3.11. The van der Waals surface area contributed by atoms with Crippen LogP contribution in [-0.2, 0) is 19.2 Å². The average Bonchev–Trinajstić information content (AvgIpc) is 3.75. The molecular weight excluding hydrogens is 655 g/mol. The molecule has 11 heteroatoms. The minimum atomic E-state index is 0. The molecule has 212 valence electrons. The number of halogens is 2. The van der Waals surface area contributed by atoms with Gasteiger partial charge >= 0.3 is 51.4 Å². The van der Waals surface area contributed by atoms with Crippen molar-refractivity contribution in [3.05, 3.63) is 30.6 Å². The van der Waals surface area contributed by atoms with Gasteiger partial charge in [-0.1, -0.05) is 62.3 Å². The van der Waals surface area contributed by atoms with Gasteiger partial charge < -0.3 is 25.2 Å². The van der Waals surface area contributed by atoms with Crippen molar-refractivity contribution in [2.24, 2.45) is 0 Å². The molecule has 39 heavy (non-hydrogen) atoms. The molecule has 4 heterocycles. The first kappa shape index (κ1) is 42.5. The zero-order chi connectivity index (χ0) is 29.0. The van der Waals surface area contributed by atoms with E-state index < -0.39 is 0 Å². The average molecular weight is 697 g/mol. The molecule has 4 saturated heterocycles. The first-order valence-corrected chi connectivity index (χ1v) is 14.8. The molecule has 4 aliphatic heterocycles. The Morgan fingerprint density at radius 1 is 0.872 bits per heavy atom. The summed E-state index contributed by atoms with van der Waals surface area (Å²) in [7, 11) is 0. The third kappa shape index (κ3) is 27.0. The fraction of sp³-hybridized carbons (Fsp3) is 0.571. The molecule has 4 amide bonds. The number of carbonyl (C=O) groups is 4. The van der Waals surface area contributed by atoms with Gasteiger partial charge in [-0.05, 0) is 25.7 Å². The van der Waals surface area contributed by atoms with Gasteiger partial charge in [0.1, 0.15) is 0 Å². The predicted octanol–water partition coefficient (Wildman–Crippen LogP) is 1.20. The van der Waals surface area contributed by atoms with Gasteiger partial charge in [-0.3, -0.25) is 14.4 Å². The van der Waals surface area contributed by atoms with E-state index in [1.807, 2.05) is 4.90 Å². The Bertz CT molecular complexity index is 776. The van der Waals surface area contributed by atoms with Crippen molar-refractivity contribution < 1.29 is 70.6 Å².